The molecule has 8 heteroatoms. The molecule has 0 bridgehead atoms. The van der Waals surface area contributed by atoms with Crippen molar-refractivity contribution in [2.75, 3.05) is 6.61 Å². The number of carbonyl (C=O) groups excluding carboxylic acids is 1. The van der Waals surface area contributed by atoms with E-state index in [1.54, 1.807) is 24.3 Å². The molecule has 0 spiro atoms. The van der Waals surface area contributed by atoms with E-state index in [-0.39, 0.29) is 13.1 Å². The Morgan fingerprint density at radius 2 is 1.70 bits per heavy atom. The van der Waals surface area contributed by atoms with Crippen molar-refractivity contribution >= 4 is 5.91 Å². The first-order chi connectivity index (χ1) is 10.8. The lowest BCUT2D eigenvalue weighted by Gasteiger charge is -2.24. The summed E-state index contributed by atoms with van der Waals surface area (Å²) in [6.07, 6.45) is -2.81. The molecular weight excluding hydrogens is 315 g/mol. The van der Waals surface area contributed by atoms with Crippen molar-refractivity contribution in [2.24, 2.45) is 0 Å². The lowest BCUT2D eigenvalue weighted by atomic mass is 10.3. The van der Waals surface area contributed by atoms with Gasteiger partial charge in [0, 0.05) is 0 Å². The van der Waals surface area contributed by atoms with Gasteiger partial charge in [-0.2, -0.15) is 13.2 Å². The van der Waals surface area contributed by atoms with Gasteiger partial charge in [-0.3, -0.25) is 4.79 Å². The standard InChI is InChI=1S/C15H16F3NO4/c1-11(23-10-15(16,17)18)14(20)19(8-12-4-2-6-21-12)9-13-5-3-7-22-13/h2-7,11H,8-10H2,1H3. The molecule has 23 heavy (non-hydrogen) atoms. The second-order valence-corrected chi connectivity index (χ2v) is 4.92. The molecule has 0 saturated heterocycles. The fraction of sp³-hybridized carbons (Fsp3) is 0.400. The van der Waals surface area contributed by atoms with E-state index in [9.17, 15) is 18.0 Å². The van der Waals surface area contributed by atoms with E-state index in [4.69, 9.17) is 8.83 Å². The zero-order valence-electron chi connectivity index (χ0n) is 12.4. The Morgan fingerprint density at radius 3 is 2.09 bits per heavy atom. The second-order valence-electron chi connectivity index (χ2n) is 4.92. The van der Waals surface area contributed by atoms with Gasteiger partial charge in [0.15, 0.2) is 0 Å². The summed E-state index contributed by atoms with van der Waals surface area (Å²) in [6.45, 7) is 0.0130. The van der Waals surface area contributed by atoms with E-state index < -0.39 is 24.8 Å². The number of ether oxygens (including phenoxy) is 1. The fourth-order valence-electron chi connectivity index (χ4n) is 1.94. The van der Waals surface area contributed by atoms with Crippen LogP contribution < -0.4 is 0 Å². The van der Waals surface area contributed by atoms with Gasteiger partial charge in [-0.1, -0.05) is 0 Å². The van der Waals surface area contributed by atoms with E-state index >= 15 is 0 Å². The third-order valence-electron chi connectivity index (χ3n) is 3.01. The number of hydrogen-bond donors (Lipinski definition) is 0. The Balaban J connectivity index is 2.03. The average Bonchev–Trinajstić information content (AvgIpc) is 3.16. The molecule has 0 fully saturated rings. The van der Waals surface area contributed by atoms with E-state index in [0.29, 0.717) is 11.5 Å². The lowest BCUT2D eigenvalue weighted by Crippen LogP contribution is -2.39. The first-order valence-electron chi connectivity index (χ1n) is 6.87. The molecule has 1 amide bonds. The van der Waals surface area contributed by atoms with Crippen LogP contribution in [0.3, 0.4) is 0 Å². The first kappa shape index (κ1) is 17.1. The van der Waals surface area contributed by atoms with Crippen LogP contribution in [0.25, 0.3) is 0 Å². The molecule has 0 aliphatic carbocycles. The van der Waals surface area contributed by atoms with E-state index in [0.717, 1.165) is 0 Å². The molecule has 0 saturated carbocycles. The summed E-state index contributed by atoms with van der Waals surface area (Å²) >= 11 is 0. The summed E-state index contributed by atoms with van der Waals surface area (Å²) in [6, 6.07) is 6.66. The largest absolute Gasteiger partial charge is 0.467 e. The summed E-state index contributed by atoms with van der Waals surface area (Å²) in [4.78, 5) is 13.7. The summed E-state index contributed by atoms with van der Waals surface area (Å²) in [5, 5.41) is 0. The van der Waals surface area contributed by atoms with Crippen LogP contribution in [0, 0.1) is 0 Å². The number of furan rings is 2. The van der Waals surface area contributed by atoms with E-state index in [2.05, 4.69) is 4.74 Å². The Morgan fingerprint density at radius 1 is 1.17 bits per heavy atom. The molecule has 2 heterocycles. The summed E-state index contributed by atoms with van der Waals surface area (Å²) in [5.74, 6) is 0.433. The van der Waals surface area contributed by atoms with Crippen molar-refractivity contribution in [2.45, 2.75) is 32.3 Å². The highest BCUT2D eigenvalue weighted by Crippen LogP contribution is 2.17. The van der Waals surface area contributed by atoms with Gasteiger partial charge in [0.25, 0.3) is 5.91 Å². The number of rotatable bonds is 7. The van der Waals surface area contributed by atoms with Crippen LogP contribution in [-0.2, 0) is 22.6 Å². The first-order valence-corrected chi connectivity index (χ1v) is 6.87. The monoisotopic (exact) mass is 331 g/mol. The Labute approximate surface area is 130 Å². The van der Waals surface area contributed by atoms with Gasteiger partial charge >= 0.3 is 6.18 Å². The quantitative estimate of drug-likeness (QED) is 0.780. The van der Waals surface area contributed by atoms with Gasteiger partial charge in [-0.25, -0.2) is 0 Å². The minimum Gasteiger partial charge on any atom is -0.467 e. The Kier molecular flexibility index (Phi) is 5.49. The van der Waals surface area contributed by atoms with Crippen molar-refractivity contribution in [3.63, 3.8) is 0 Å². The molecule has 2 aromatic rings. The van der Waals surface area contributed by atoms with E-state index in [1.165, 1.54) is 24.3 Å². The second kappa shape index (κ2) is 7.36. The van der Waals surface area contributed by atoms with Crippen molar-refractivity contribution < 1.29 is 31.5 Å². The predicted molar refractivity (Wildman–Crippen MR) is 73.1 cm³/mol. The molecule has 1 atom stereocenters. The van der Waals surface area contributed by atoms with Gasteiger partial charge < -0.3 is 18.5 Å². The number of nitrogens with zero attached hydrogens (tertiary/aromatic N) is 1. The SMILES string of the molecule is CC(OCC(F)(F)F)C(=O)N(Cc1ccco1)Cc1ccco1. The molecule has 126 valence electrons. The highest BCUT2D eigenvalue weighted by molar-refractivity contribution is 5.80. The van der Waals surface area contributed by atoms with Crippen LogP contribution in [0.15, 0.2) is 45.6 Å². The predicted octanol–water partition coefficient (Wildman–Crippen LogP) is 3.37. The van der Waals surface area contributed by atoms with Crippen molar-refractivity contribution in [3.05, 3.63) is 48.3 Å². The van der Waals surface area contributed by atoms with Crippen LogP contribution >= 0.6 is 0 Å². The molecule has 2 aromatic heterocycles. The zero-order valence-corrected chi connectivity index (χ0v) is 12.4. The number of amides is 1. The Bertz CT molecular complexity index is 557. The molecule has 0 aromatic carbocycles. The van der Waals surface area contributed by atoms with Crippen LogP contribution in [-0.4, -0.2) is 29.7 Å². The van der Waals surface area contributed by atoms with Gasteiger partial charge in [0.2, 0.25) is 0 Å². The third-order valence-corrected chi connectivity index (χ3v) is 3.01. The molecule has 0 aliphatic heterocycles. The van der Waals surface area contributed by atoms with Crippen LogP contribution in [0.1, 0.15) is 18.4 Å². The average molecular weight is 331 g/mol. The molecule has 2 rings (SSSR count). The smallest absolute Gasteiger partial charge is 0.411 e. The molecule has 0 aliphatic rings. The normalized spacial score (nSPS) is 13.0. The van der Waals surface area contributed by atoms with E-state index in [1.807, 2.05) is 0 Å². The minimum absolute atomic E-state index is 0.103. The van der Waals surface area contributed by atoms with Crippen molar-refractivity contribution in [1.82, 2.24) is 4.90 Å². The minimum atomic E-state index is -4.48. The van der Waals surface area contributed by atoms with Gasteiger partial charge in [-0.15, -0.1) is 0 Å². The molecule has 0 radical (unpaired) electrons. The molecule has 0 N–H and O–H groups in total. The van der Waals surface area contributed by atoms with Gasteiger partial charge in [-0.05, 0) is 31.2 Å². The number of carbonyl (C=O) groups is 1. The highest BCUT2D eigenvalue weighted by Gasteiger charge is 2.31. The molecule has 1 unspecified atom stereocenters. The number of alkyl halides is 3. The van der Waals surface area contributed by atoms with Crippen LogP contribution in [0.2, 0.25) is 0 Å². The van der Waals surface area contributed by atoms with Gasteiger partial charge in [0.1, 0.15) is 24.2 Å². The lowest BCUT2D eigenvalue weighted by molar-refractivity contribution is -0.189. The maximum atomic E-state index is 12.4. The fourth-order valence-corrected chi connectivity index (χ4v) is 1.94. The molecular formula is C15H16F3NO4. The highest BCUT2D eigenvalue weighted by atomic mass is 19.4. The zero-order chi connectivity index (χ0) is 16.9. The number of hydrogen-bond acceptors (Lipinski definition) is 4. The summed E-state index contributed by atoms with van der Waals surface area (Å²) < 4.78 is 51.6. The Hall–Kier alpha value is -2.22. The topological polar surface area (TPSA) is 55.8 Å². The summed E-state index contributed by atoms with van der Waals surface area (Å²) in [7, 11) is 0. The summed E-state index contributed by atoms with van der Waals surface area (Å²) in [5.41, 5.74) is 0. The molecule has 5 nitrogen and oxygen atoms in total. The van der Waals surface area contributed by atoms with Crippen molar-refractivity contribution in [3.8, 4) is 0 Å². The van der Waals surface area contributed by atoms with Crippen molar-refractivity contribution in [1.29, 1.82) is 0 Å². The maximum Gasteiger partial charge on any atom is 0.411 e. The third kappa shape index (κ3) is 5.48. The number of halogens is 3. The van der Waals surface area contributed by atoms with Crippen LogP contribution in [0.5, 0.6) is 0 Å². The maximum absolute atomic E-state index is 12.4. The van der Waals surface area contributed by atoms with Gasteiger partial charge in [0.05, 0.1) is 25.6 Å². The van der Waals surface area contributed by atoms with Crippen LogP contribution in [0.4, 0.5) is 13.2 Å².